The lowest BCUT2D eigenvalue weighted by atomic mass is 10.1. The summed E-state index contributed by atoms with van der Waals surface area (Å²) in [6.45, 7) is 1.63. The molecule has 2 aromatic rings. The first-order chi connectivity index (χ1) is 12.4. The summed E-state index contributed by atoms with van der Waals surface area (Å²) in [5.41, 5.74) is 0.00908. The van der Waals surface area contributed by atoms with Gasteiger partial charge in [-0.2, -0.15) is 13.2 Å². The molecule has 26 heavy (non-hydrogen) atoms. The molecule has 140 valence electrons. The quantitative estimate of drug-likeness (QED) is 0.834. The van der Waals surface area contributed by atoms with Crippen LogP contribution in [-0.2, 0) is 6.18 Å². The molecular weight excluding hydrogens is 345 g/mol. The number of hydrogen-bond donors (Lipinski definition) is 1. The molecule has 0 unspecified atom stereocenters. The minimum atomic E-state index is -4.44. The average Bonchev–Trinajstić information content (AvgIpc) is 2.80. The molecule has 0 saturated heterocycles. The van der Waals surface area contributed by atoms with E-state index in [1.165, 1.54) is 29.7 Å². The van der Waals surface area contributed by atoms with Crippen molar-refractivity contribution in [3.63, 3.8) is 0 Å². The van der Waals surface area contributed by atoms with Gasteiger partial charge < -0.3 is 5.32 Å². The monoisotopic (exact) mass is 366 g/mol. The van der Waals surface area contributed by atoms with Gasteiger partial charge in [-0.3, -0.25) is 4.79 Å². The standard InChI is InChI=1S/C18H21F3N4O/c1-12-16(17(26)22-14-8-4-2-3-5-9-14)23-24-25(12)15-10-6-7-13(11-15)18(19,20)21/h6-7,10-11,14H,2-5,8-9H2,1H3,(H,22,26). The van der Waals surface area contributed by atoms with E-state index in [4.69, 9.17) is 0 Å². The number of halogens is 3. The number of rotatable bonds is 3. The summed E-state index contributed by atoms with van der Waals surface area (Å²) >= 11 is 0. The highest BCUT2D eigenvalue weighted by atomic mass is 19.4. The maximum atomic E-state index is 12.9. The Labute approximate surface area is 149 Å². The number of alkyl halides is 3. The van der Waals surface area contributed by atoms with E-state index < -0.39 is 11.7 Å². The summed E-state index contributed by atoms with van der Waals surface area (Å²) in [5, 5.41) is 10.8. The second-order valence-electron chi connectivity index (χ2n) is 6.65. The number of amides is 1. The van der Waals surface area contributed by atoms with Gasteiger partial charge >= 0.3 is 6.18 Å². The van der Waals surface area contributed by atoms with Gasteiger partial charge in [0.1, 0.15) is 0 Å². The summed E-state index contributed by atoms with van der Waals surface area (Å²) < 4.78 is 40.0. The van der Waals surface area contributed by atoms with Crippen LogP contribution in [0, 0.1) is 6.92 Å². The first-order valence-electron chi connectivity index (χ1n) is 8.77. The van der Waals surface area contributed by atoms with E-state index in [1.54, 1.807) is 6.92 Å². The van der Waals surface area contributed by atoms with Crippen LogP contribution in [0.3, 0.4) is 0 Å². The van der Waals surface area contributed by atoms with Crippen molar-refractivity contribution in [1.82, 2.24) is 20.3 Å². The van der Waals surface area contributed by atoms with Crippen molar-refractivity contribution in [2.45, 2.75) is 57.7 Å². The lowest BCUT2D eigenvalue weighted by molar-refractivity contribution is -0.137. The van der Waals surface area contributed by atoms with Crippen LogP contribution >= 0.6 is 0 Å². The number of hydrogen-bond acceptors (Lipinski definition) is 3. The molecule has 1 aliphatic carbocycles. The van der Waals surface area contributed by atoms with Crippen LogP contribution in [0.4, 0.5) is 13.2 Å². The summed E-state index contributed by atoms with van der Waals surface area (Å²) in [6.07, 6.45) is 1.96. The first kappa shape index (κ1) is 18.4. The van der Waals surface area contributed by atoms with Crippen LogP contribution in [0.5, 0.6) is 0 Å². The smallest absolute Gasteiger partial charge is 0.348 e. The fraction of sp³-hybridized carbons (Fsp3) is 0.500. The van der Waals surface area contributed by atoms with Crippen molar-refractivity contribution in [2.24, 2.45) is 0 Å². The largest absolute Gasteiger partial charge is 0.416 e. The second kappa shape index (κ2) is 7.47. The molecule has 0 atom stereocenters. The van der Waals surface area contributed by atoms with E-state index in [9.17, 15) is 18.0 Å². The van der Waals surface area contributed by atoms with Crippen LogP contribution < -0.4 is 5.32 Å². The molecule has 1 fully saturated rings. The molecule has 0 radical (unpaired) electrons. The van der Waals surface area contributed by atoms with Crippen molar-refractivity contribution in [1.29, 1.82) is 0 Å². The molecule has 1 saturated carbocycles. The fourth-order valence-corrected chi connectivity index (χ4v) is 3.28. The lowest BCUT2D eigenvalue weighted by Gasteiger charge is -2.15. The molecule has 8 heteroatoms. The third-order valence-corrected chi connectivity index (χ3v) is 4.72. The molecule has 1 heterocycles. The maximum Gasteiger partial charge on any atom is 0.416 e. The first-order valence-corrected chi connectivity index (χ1v) is 8.77. The third kappa shape index (κ3) is 4.05. The molecular formula is C18H21F3N4O. The van der Waals surface area contributed by atoms with E-state index in [1.807, 2.05) is 0 Å². The van der Waals surface area contributed by atoms with Gasteiger partial charge in [0.2, 0.25) is 0 Å². The number of aromatic nitrogens is 3. The highest BCUT2D eigenvalue weighted by Crippen LogP contribution is 2.30. The molecule has 1 N–H and O–H groups in total. The molecule has 1 amide bonds. The predicted octanol–water partition coefficient (Wildman–Crippen LogP) is 4.05. The molecule has 0 aliphatic heterocycles. The SMILES string of the molecule is Cc1c(C(=O)NC2CCCCCC2)nnn1-c1cccc(C(F)(F)F)c1. The number of nitrogens with one attached hydrogen (secondary N) is 1. The van der Waals surface area contributed by atoms with Gasteiger partial charge in [-0.25, -0.2) is 4.68 Å². The summed E-state index contributed by atoms with van der Waals surface area (Å²) in [7, 11) is 0. The molecule has 1 aliphatic rings. The Morgan fingerprint density at radius 3 is 2.54 bits per heavy atom. The van der Waals surface area contributed by atoms with E-state index in [0.29, 0.717) is 5.69 Å². The van der Waals surface area contributed by atoms with Crippen molar-refractivity contribution in [3.8, 4) is 5.69 Å². The number of nitrogens with zero attached hydrogens (tertiary/aromatic N) is 3. The Morgan fingerprint density at radius 2 is 1.88 bits per heavy atom. The van der Waals surface area contributed by atoms with Crippen molar-refractivity contribution in [3.05, 3.63) is 41.2 Å². The van der Waals surface area contributed by atoms with Crippen LogP contribution in [0.15, 0.2) is 24.3 Å². The highest BCUT2D eigenvalue weighted by molar-refractivity contribution is 5.93. The normalized spacial score (nSPS) is 16.3. The van der Waals surface area contributed by atoms with Crippen LogP contribution in [0.25, 0.3) is 5.69 Å². The minimum Gasteiger partial charge on any atom is -0.348 e. The van der Waals surface area contributed by atoms with E-state index in [0.717, 1.165) is 37.8 Å². The third-order valence-electron chi connectivity index (χ3n) is 4.72. The van der Waals surface area contributed by atoms with Gasteiger partial charge in [0.05, 0.1) is 16.9 Å². The Balaban J connectivity index is 1.80. The Morgan fingerprint density at radius 1 is 1.19 bits per heavy atom. The van der Waals surface area contributed by atoms with E-state index in [2.05, 4.69) is 15.6 Å². The van der Waals surface area contributed by atoms with Gasteiger partial charge in [-0.05, 0) is 38.0 Å². The van der Waals surface area contributed by atoms with E-state index in [-0.39, 0.29) is 23.3 Å². The Bertz CT molecular complexity index is 777. The zero-order chi connectivity index (χ0) is 18.7. The Hall–Kier alpha value is -2.38. The lowest BCUT2D eigenvalue weighted by Crippen LogP contribution is -2.35. The van der Waals surface area contributed by atoms with Gasteiger partial charge in [0.15, 0.2) is 5.69 Å². The Kier molecular flexibility index (Phi) is 5.29. The maximum absolute atomic E-state index is 12.9. The highest BCUT2D eigenvalue weighted by Gasteiger charge is 2.31. The van der Waals surface area contributed by atoms with Crippen LogP contribution in [0.1, 0.15) is 60.3 Å². The fourth-order valence-electron chi connectivity index (χ4n) is 3.28. The van der Waals surface area contributed by atoms with Gasteiger partial charge in [0.25, 0.3) is 5.91 Å². The molecule has 5 nitrogen and oxygen atoms in total. The number of benzene rings is 1. The number of carbonyl (C=O) groups excluding carboxylic acids is 1. The van der Waals surface area contributed by atoms with Gasteiger partial charge in [0, 0.05) is 6.04 Å². The predicted molar refractivity (Wildman–Crippen MR) is 90.1 cm³/mol. The topological polar surface area (TPSA) is 59.8 Å². The van der Waals surface area contributed by atoms with Crippen LogP contribution in [0.2, 0.25) is 0 Å². The zero-order valence-corrected chi connectivity index (χ0v) is 14.5. The van der Waals surface area contributed by atoms with Crippen molar-refractivity contribution in [2.75, 3.05) is 0 Å². The zero-order valence-electron chi connectivity index (χ0n) is 14.5. The van der Waals surface area contributed by atoms with Crippen molar-refractivity contribution >= 4 is 5.91 Å². The molecule has 0 bridgehead atoms. The van der Waals surface area contributed by atoms with E-state index >= 15 is 0 Å². The molecule has 1 aromatic heterocycles. The summed E-state index contributed by atoms with van der Waals surface area (Å²) in [6, 6.07) is 4.92. The minimum absolute atomic E-state index is 0.114. The molecule has 3 rings (SSSR count). The van der Waals surface area contributed by atoms with Gasteiger partial charge in [-0.1, -0.05) is 37.0 Å². The number of carbonyl (C=O) groups is 1. The summed E-state index contributed by atoms with van der Waals surface area (Å²) in [4.78, 5) is 12.5. The van der Waals surface area contributed by atoms with Crippen LogP contribution in [-0.4, -0.2) is 26.9 Å². The second-order valence-corrected chi connectivity index (χ2v) is 6.65. The molecule has 1 aromatic carbocycles. The average molecular weight is 366 g/mol. The van der Waals surface area contributed by atoms with Gasteiger partial charge in [-0.15, -0.1) is 5.10 Å². The molecule has 0 spiro atoms. The van der Waals surface area contributed by atoms with Crippen molar-refractivity contribution < 1.29 is 18.0 Å². The summed E-state index contributed by atoms with van der Waals surface area (Å²) in [5.74, 6) is -0.326.